The van der Waals surface area contributed by atoms with Crippen LogP contribution in [-0.4, -0.2) is 84.0 Å². The maximum absolute atomic E-state index is 12.2. The first-order chi connectivity index (χ1) is 12.2. The lowest BCUT2D eigenvalue weighted by atomic mass is 10.3. The number of likely N-dealkylation sites (tertiary alicyclic amines) is 1. The van der Waals surface area contributed by atoms with Gasteiger partial charge in [-0.3, -0.25) is 14.7 Å². The molecule has 2 fully saturated rings. The lowest BCUT2D eigenvalue weighted by Gasteiger charge is -2.35. The number of rotatable bonds is 5. The van der Waals surface area contributed by atoms with Gasteiger partial charge in [0.1, 0.15) is 0 Å². The van der Waals surface area contributed by atoms with Crippen molar-refractivity contribution in [3.8, 4) is 0 Å². The molecule has 0 atom stereocenters. The van der Waals surface area contributed by atoms with E-state index in [1.165, 1.54) is 0 Å². The van der Waals surface area contributed by atoms with Crippen molar-refractivity contribution in [2.75, 3.05) is 52.4 Å². The Morgan fingerprint density at radius 3 is 2.44 bits per heavy atom. The number of amides is 3. The van der Waals surface area contributed by atoms with E-state index in [9.17, 15) is 9.59 Å². The van der Waals surface area contributed by atoms with Gasteiger partial charge in [-0.25, -0.2) is 4.79 Å². The predicted molar refractivity (Wildman–Crippen MR) is 95.2 cm³/mol. The molecule has 3 rings (SSSR count). The molecule has 0 radical (unpaired) electrons. The second-order valence-electron chi connectivity index (χ2n) is 6.65. The monoisotopic (exact) mass is 345 g/mol. The van der Waals surface area contributed by atoms with Crippen molar-refractivity contribution in [1.29, 1.82) is 0 Å². The van der Waals surface area contributed by atoms with Crippen LogP contribution in [0.1, 0.15) is 18.5 Å². The number of carbonyl (C=O) groups excluding carboxylic acids is 2. The highest BCUT2D eigenvalue weighted by atomic mass is 16.2. The summed E-state index contributed by atoms with van der Waals surface area (Å²) < 4.78 is 0. The summed E-state index contributed by atoms with van der Waals surface area (Å²) in [5.74, 6) is 0.228. The van der Waals surface area contributed by atoms with Gasteiger partial charge in [-0.1, -0.05) is 6.07 Å². The molecule has 7 heteroatoms. The van der Waals surface area contributed by atoms with Gasteiger partial charge in [0, 0.05) is 64.1 Å². The Morgan fingerprint density at radius 1 is 1.00 bits per heavy atom. The third kappa shape index (κ3) is 5.16. The van der Waals surface area contributed by atoms with Crippen LogP contribution < -0.4 is 5.32 Å². The molecule has 2 saturated heterocycles. The molecule has 2 aliphatic heterocycles. The lowest BCUT2D eigenvalue weighted by Crippen LogP contribution is -2.53. The minimum atomic E-state index is -0.0264. The SMILES string of the molecule is O=C(CN1CCN(C(=O)NCCc2ccccn2)CC1)N1CCCC1. The summed E-state index contributed by atoms with van der Waals surface area (Å²) in [7, 11) is 0. The van der Waals surface area contributed by atoms with Crippen LogP contribution in [0.3, 0.4) is 0 Å². The molecule has 0 bridgehead atoms. The molecule has 1 N–H and O–H groups in total. The van der Waals surface area contributed by atoms with Crippen molar-refractivity contribution in [3.05, 3.63) is 30.1 Å². The number of aromatic nitrogens is 1. The van der Waals surface area contributed by atoms with Crippen LogP contribution in [0.25, 0.3) is 0 Å². The first-order valence-electron chi connectivity index (χ1n) is 9.15. The second kappa shape index (κ2) is 8.80. The van der Waals surface area contributed by atoms with E-state index < -0.39 is 0 Å². The highest BCUT2D eigenvalue weighted by Gasteiger charge is 2.25. The van der Waals surface area contributed by atoms with E-state index in [2.05, 4.69) is 15.2 Å². The summed E-state index contributed by atoms with van der Waals surface area (Å²) >= 11 is 0. The maximum atomic E-state index is 12.2. The van der Waals surface area contributed by atoms with E-state index in [1.807, 2.05) is 28.0 Å². The number of hydrogen-bond donors (Lipinski definition) is 1. The zero-order valence-electron chi connectivity index (χ0n) is 14.7. The van der Waals surface area contributed by atoms with Crippen LogP contribution in [0.5, 0.6) is 0 Å². The van der Waals surface area contributed by atoms with Gasteiger partial charge in [-0.15, -0.1) is 0 Å². The molecule has 2 aliphatic rings. The highest BCUT2D eigenvalue weighted by molar-refractivity contribution is 5.78. The number of urea groups is 1. The molecular formula is C18H27N5O2. The van der Waals surface area contributed by atoms with Crippen molar-refractivity contribution in [2.24, 2.45) is 0 Å². The van der Waals surface area contributed by atoms with Crippen LogP contribution in [-0.2, 0) is 11.2 Å². The molecule has 25 heavy (non-hydrogen) atoms. The zero-order valence-corrected chi connectivity index (χ0v) is 14.7. The second-order valence-corrected chi connectivity index (χ2v) is 6.65. The fraction of sp³-hybridized carbons (Fsp3) is 0.611. The zero-order chi connectivity index (χ0) is 17.5. The quantitative estimate of drug-likeness (QED) is 0.847. The van der Waals surface area contributed by atoms with Gasteiger partial charge in [-0.2, -0.15) is 0 Å². The standard InChI is InChI=1S/C18H27N5O2/c24-17(22-9-3-4-10-22)15-21-11-13-23(14-12-21)18(25)20-8-6-16-5-1-2-7-19-16/h1-2,5,7H,3-4,6,8-15H2,(H,20,25). The first kappa shape index (κ1) is 17.7. The molecular weight excluding hydrogens is 318 g/mol. The van der Waals surface area contributed by atoms with E-state index in [4.69, 9.17) is 0 Å². The van der Waals surface area contributed by atoms with Crippen LogP contribution >= 0.6 is 0 Å². The maximum Gasteiger partial charge on any atom is 0.317 e. The molecule has 0 aromatic carbocycles. The van der Waals surface area contributed by atoms with Crippen molar-refractivity contribution in [3.63, 3.8) is 0 Å². The Bertz CT molecular complexity index is 566. The Kier molecular flexibility index (Phi) is 6.22. The van der Waals surface area contributed by atoms with E-state index in [0.717, 1.165) is 51.1 Å². The third-order valence-electron chi connectivity index (χ3n) is 4.86. The van der Waals surface area contributed by atoms with Gasteiger partial charge < -0.3 is 15.1 Å². The summed E-state index contributed by atoms with van der Waals surface area (Å²) in [4.78, 5) is 34.6. The van der Waals surface area contributed by atoms with E-state index in [0.29, 0.717) is 26.2 Å². The van der Waals surface area contributed by atoms with Crippen molar-refractivity contribution in [1.82, 2.24) is 25.0 Å². The van der Waals surface area contributed by atoms with Gasteiger partial charge in [0.2, 0.25) is 5.91 Å². The molecule has 1 aromatic heterocycles. The normalized spacial score (nSPS) is 18.4. The number of hydrogen-bond acceptors (Lipinski definition) is 4. The summed E-state index contributed by atoms with van der Waals surface area (Å²) in [5.41, 5.74) is 0.980. The minimum absolute atomic E-state index is 0.0264. The minimum Gasteiger partial charge on any atom is -0.342 e. The van der Waals surface area contributed by atoms with Gasteiger partial charge in [0.15, 0.2) is 0 Å². The van der Waals surface area contributed by atoms with Gasteiger partial charge in [0.05, 0.1) is 6.54 Å². The smallest absolute Gasteiger partial charge is 0.317 e. The first-order valence-corrected chi connectivity index (χ1v) is 9.15. The molecule has 3 heterocycles. The number of carbonyl (C=O) groups is 2. The summed E-state index contributed by atoms with van der Waals surface area (Å²) in [6.45, 7) is 5.72. The average Bonchev–Trinajstić information content (AvgIpc) is 3.18. The third-order valence-corrected chi connectivity index (χ3v) is 4.86. The number of nitrogens with zero attached hydrogens (tertiary/aromatic N) is 4. The fourth-order valence-corrected chi connectivity index (χ4v) is 3.32. The van der Waals surface area contributed by atoms with E-state index in [-0.39, 0.29) is 11.9 Å². The summed E-state index contributed by atoms with van der Waals surface area (Å²) in [5, 5.41) is 2.95. The van der Waals surface area contributed by atoms with Crippen LogP contribution in [0.4, 0.5) is 4.79 Å². The fourth-order valence-electron chi connectivity index (χ4n) is 3.32. The summed E-state index contributed by atoms with van der Waals surface area (Å²) in [6.07, 6.45) is 4.74. The Balaban J connectivity index is 1.33. The molecule has 136 valence electrons. The Morgan fingerprint density at radius 2 is 1.76 bits per heavy atom. The Labute approximate surface area is 149 Å². The number of piperazine rings is 1. The number of pyridine rings is 1. The molecule has 1 aromatic rings. The van der Waals surface area contributed by atoms with Crippen molar-refractivity contribution in [2.45, 2.75) is 19.3 Å². The largest absolute Gasteiger partial charge is 0.342 e. The molecule has 0 saturated carbocycles. The Hall–Kier alpha value is -2.15. The molecule has 3 amide bonds. The van der Waals surface area contributed by atoms with Crippen LogP contribution in [0.2, 0.25) is 0 Å². The molecule has 0 unspecified atom stereocenters. The lowest BCUT2D eigenvalue weighted by molar-refractivity contribution is -0.131. The van der Waals surface area contributed by atoms with Crippen LogP contribution in [0, 0.1) is 0 Å². The predicted octanol–water partition coefficient (Wildman–Crippen LogP) is 0.574. The summed E-state index contributed by atoms with van der Waals surface area (Å²) in [6, 6.07) is 5.77. The van der Waals surface area contributed by atoms with Crippen LogP contribution in [0.15, 0.2) is 24.4 Å². The van der Waals surface area contributed by atoms with Crippen molar-refractivity contribution < 1.29 is 9.59 Å². The van der Waals surface area contributed by atoms with Crippen molar-refractivity contribution >= 4 is 11.9 Å². The number of nitrogens with one attached hydrogen (secondary N) is 1. The topological polar surface area (TPSA) is 68.8 Å². The highest BCUT2D eigenvalue weighted by Crippen LogP contribution is 2.09. The van der Waals surface area contributed by atoms with Gasteiger partial charge >= 0.3 is 6.03 Å². The van der Waals surface area contributed by atoms with E-state index >= 15 is 0 Å². The molecule has 0 aliphatic carbocycles. The van der Waals surface area contributed by atoms with E-state index in [1.54, 1.807) is 6.20 Å². The van der Waals surface area contributed by atoms with Gasteiger partial charge in [0.25, 0.3) is 0 Å². The molecule has 7 nitrogen and oxygen atoms in total. The average molecular weight is 345 g/mol. The van der Waals surface area contributed by atoms with Gasteiger partial charge in [-0.05, 0) is 25.0 Å². The molecule has 0 spiro atoms.